The van der Waals surface area contributed by atoms with Gasteiger partial charge in [-0.05, 0) is 139 Å². The summed E-state index contributed by atoms with van der Waals surface area (Å²) in [4.78, 5) is 16.1. The first-order valence-electron chi connectivity index (χ1n) is 12.6. The minimum Gasteiger partial charge on any atom is -0.491 e. The Hall–Kier alpha value is -1.33. The predicted molar refractivity (Wildman–Crippen MR) is 166 cm³/mol. The highest BCUT2D eigenvalue weighted by Gasteiger charge is 2.23. The van der Waals surface area contributed by atoms with Crippen molar-refractivity contribution >= 4 is 62.4 Å². The predicted octanol–water partition coefficient (Wildman–Crippen LogP) is 6.99. The van der Waals surface area contributed by atoms with E-state index in [1.165, 1.54) is 35.2 Å². The Morgan fingerprint density at radius 3 is 2.11 bits per heavy atom. The minimum atomic E-state index is -0.165. The lowest BCUT2D eigenvalue weighted by atomic mass is 9.83. The van der Waals surface area contributed by atoms with Crippen molar-refractivity contribution < 1.29 is 14.3 Å². The Kier molecular flexibility index (Phi) is 11.4. The lowest BCUT2D eigenvalue weighted by Crippen LogP contribution is -2.30. The van der Waals surface area contributed by atoms with E-state index in [0.29, 0.717) is 32.1 Å². The average molecular weight is 716 g/mol. The van der Waals surface area contributed by atoms with E-state index in [9.17, 15) is 4.79 Å². The van der Waals surface area contributed by atoms with Crippen LogP contribution in [-0.4, -0.2) is 58.3 Å². The van der Waals surface area contributed by atoms with Gasteiger partial charge in [-0.25, -0.2) is 0 Å². The van der Waals surface area contributed by atoms with Crippen molar-refractivity contribution in [3.05, 3.63) is 60.2 Å². The molecule has 2 aromatic carbocycles. The molecule has 0 aromatic heterocycles. The van der Waals surface area contributed by atoms with Crippen LogP contribution in [0.1, 0.15) is 56.6 Å². The van der Waals surface area contributed by atoms with Gasteiger partial charge < -0.3 is 19.3 Å². The van der Waals surface area contributed by atoms with Crippen LogP contribution < -0.4 is 9.64 Å². The van der Waals surface area contributed by atoms with Gasteiger partial charge >= 0.3 is 5.97 Å². The molecule has 3 rings (SSSR count). The number of nitrogens with zero attached hydrogens (tertiary/aromatic N) is 2. The largest absolute Gasteiger partial charge is 0.491 e. The first kappa shape index (κ1) is 29.2. The molecule has 0 N–H and O–H groups in total. The maximum absolute atomic E-state index is 11.6. The van der Waals surface area contributed by atoms with Crippen LogP contribution in [0.5, 0.6) is 5.75 Å². The van der Waals surface area contributed by atoms with Gasteiger partial charge in [-0.15, -0.1) is 0 Å². The molecule has 196 valence electrons. The Morgan fingerprint density at radius 1 is 0.972 bits per heavy atom. The van der Waals surface area contributed by atoms with E-state index in [1.807, 2.05) is 6.92 Å². The van der Waals surface area contributed by atoms with Crippen LogP contribution in [-0.2, 0) is 9.53 Å². The highest BCUT2D eigenvalue weighted by atomic mass is 127. The number of benzene rings is 2. The van der Waals surface area contributed by atoms with E-state index >= 15 is 0 Å². The number of anilines is 1. The highest BCUT2D eigenvalue weighted by molar-refractivity contribution is 14.1. The molecule has 0 heterocycles. The number of hydrogen-bond acceptors (Lipinski definition) is 5. The number of rotatable bonds is 10. The number of esters is 1. The van der Waals surface area contributed by atoms with Crippen molar-refractivity contribution in [2.75, 3.05) is 46.3 Å². The summed E-state index contributed by atoms with van der Waals surface area (Å²) < 4.78 is 13.3. The second-order valence-electron chi connectivity index (χ2n) is 9.64. The summed E-state index contributed by atoms with van der Waals surface area (Å²) in [7, 11) is 8.53. The van der Waals surface area contributed by atoms with E-state index in [2.05, 4.69) is 120 Å². The molecule has 0 bridgehead atoms. The van der Waals surface area contributed by atoms with Crippen molar-refractivity contribution in [2.45, 2.75) is 51.5 Å². The lowest BCUT2D eigenvalue weighted by molar-refractivity contribution is -0.143. The van der Waals surface area contributed by atoms with Crippen molar-refractivity contribution in [1.29, 1.82) is 0 Å². The fourth-order valence-electron chi connectivity index (χ4n) is 4.68. The Morgan fingerprint density at radius 2 is 1.58 bits per heavy atom. The summed E-state index contributed by atoms with van der Waals surface area (Å²) in [6, 6.07) is 14.1. The standard InChI is InChI=1S/C29H38I2N2O3/c1-6-35-27(34)8-7-17-36-29-25(30)18-22(19-26(29)31)28(20-9-13-23(14-10-20)32(2)3)21-11-15-24(16-12-21)33(4)5/h9-10,13-14,18-19,24H,6-8,11-12,15-17H2,1-5H3. The molecule has 1 aliphatic rings. The maximum atomic E-state index is 11.6. The molecule has 0 amide bonds. The number of hydrogen-bond donors (Lipinski definition) is 0. The van der Waals surface area contributed by atoms with Crippen LogP contribution >= 0.6 is 45.2 Å². The Bertz CT molecular complexity index is 1030. The first-order valence-corrected chi connectivity index (χ1v) is 14.8. The average Bonchev–Trinajstić information content (AvgIpc) is 2.84. The van der Waals surface area contributed by atoms with E-state index in [1.54, 1.807) is 5.57 Å². The zero-order valence-electron chi connectivity index (χ0n) is 22.1. The third-order valence-corrected chi connectivity index (χ3v) is 8.28. The molecule has 1 fully saturated rings. The van der Waals surface area contributed by atoms with Crippen LogP contribution in [0.3, 0.4) is 0 Å². The number of halogens is 2. The molecular weight excluding hydrogens is 678 g/mol. The minimum absolute atomic E-state index is 0.165. The van der Waals surface area contributed by atoms with Gasteiger partial charge in [0.05, 0.1) is 20.4 Å². The second-order valence-corrected chi connectivity index (χ2v) is 12.0. The van der Waals surface area contributed by atoms with Crippen LogP contribution in [0.25, 0.3) is 5.57 Å². The van der Waals surface area contributed by atoms with Crippen LogP contribution in [0.15, 0.2) is 42.0 Å². The summed E-state index contributed by atoms with van der Waals surface area (Å²) in [6.45, 7) is 2.74. The van der Waals surface area contributed by atoms with Gasteiger partial charge in [0.15, 0.2) is 0 Å². The second kappa shape index (κ2) is 14.0. The third-order valence-electron chi connectivity index (χ3n) is 6.68. The highest BCUT2D eigenvalue weighted by Crippen LogP contribution is 2.39. The summed E-state index contributed by atoms with van der Waals surface area (Å²) in [5.41, 5.74) is 6.63. The lowest BCUT2D eigenvalue weighted by Gasteiger charge is -2.31. The molecule has 0 unspecified atom stereocenters. The van der Waals surface area contributed by atoms with Gasteiger partial charge in [0.1, 0.15) is 5.75 Å². The van der Waals surface area contributed by atoms with E-state index < -0.39 is 0 Å². The quantitative estimate of drug-likeness (QED) is 0.151. The molecule has 2 aromatic rings. The SMILES string of the molecule is CCOC(=O)CCCOc1c(I)cc(C(=C2CCC(N(C)C)CC2)c2ccc(N(C)C)cc2)cc1I. The van der Waals surface area contributed by atoms with Crippen molar-refractivity contribution in [3.63, 3.8) is 0 Å². The van der Waals surface area contributed by atoms with Gasteiger partial charge in [-0.2, -0.15) is 0 Å². The zero-order valence-corrected chi connectivity index (χ0v) is 26.4. The summed E-state index contributed by atoms with van der Waals surface area (Å²) in [6.07, 6.45) is 5.65. The number of allylic oxidation sites excluding steroid dienone is 1. The number of ether oxygens (including phenoxy) is 2. The molecule has 0 spiro atoms. The molecule has 7 heteroatoms. The first-order chi connectivity index (χ1) is 17.2. The van der Waals surface area contributed by atoms with Crippen LogP contribution in [0.4, 0.5) is 5.69 Å². The van der Waals surface area contributed by atoms with Gasteiger partial charge in [0.2, 0.25) is 0 Å². The topological polar surface area (TPSA) is 42.0 Å². The van der Waals surface area contributed by atoms with Crippen molar-refractivity contribution in [2.24, 2.45) is 0 Å². The fourth-order valence-corrected chi connectivity index (χ4v) is 6.76. The number of carbonyl (C=O) groups is 1. The van der Waals surface area contributed by atoms with Crippen LogP contribution in [0.2, 0.25) is 0 Å². The smallest absolute Gasteiger partial charge is 0.305 e. The van der Waals surface area contributed by atoms with E-state index in [-0.39, 0.29) is 5.97 Å². The molecule has 0 radical (unpaired) electrons. The molecule has 0 aliphatic heterocycles. The van der Waals surface area contributed by atoms with Gasteiger partial charge in [-0.1, -0.05) is 17.7 Å². The summed E-state index contributed by atoms with van der Waals surface area (Å²) in [5, 5.41) is 0. The maximum Gasteiger partial charge on any atom is 0.305 e. The molecule has 0 atom stereocenters. The Labute approximate surface area is 243 Å². The van der Waals surface area contributed by atoms with E-state index in [4.69, 9.17) is 9.47 Å². The zero-order chi connectivity index (χ0) is 26.2. The number of carbonyl (C=O) groups excluding carboxylic acids is 1. The molecule has 1 saturated carbocycles. The molecule has 0 saturated heterocycles. The van der Waals surface area contributed by atoms with Crippen LogP contribution in [0, 0.1) is 7.14 Å². The third kappa shape index (κ3) is 7.84. The van der Waals surface area contributed by atoms with E-state index in [0.717, 1.165) is 25.7 Å². The molecular formula is C29H38I2N2O3. The van der Waals surface area contributed by atoms with Gasteiger partial charge in [0.25, 0.3) is 0 Å². The van der Waals surface area contributed by atoms with Gasteiger partial charge in [0, 0.05) is 32.2 Å². The molecule has 36 heavy (non-hydrogen) atoms. The fraction of sp³-hybridized carbons (Fsp3) is 0.483. The summed E-state index contributed by atoms with van der Waals surface area (Å²) in [5.74, 6) is 0.730. The van der Waals surface area contributed by atoms with Crippen molar-refractivity contribution in [3.8, 4) is 5.75 Å². The van der Waals surface area contributed by atoms with Crippen molar-refractivity contribution in [1.82, 2.24) is 4.90 Å². The monoisotopic (exact) mass is 716 g/mol. The summed E-state index contributed by atoms with van der Waals surface area (Å²) >= 11 is 4.76. The Balaban J connectivity index is 1.89. The molecule has 1 aliphatic carbocycles. The molecule has 5 nitrogen and oxygen atoms in total. The van der Waals surface area contributed by atoms with Gasteiger partial charge in [-0.3, -0.25) is 4.79 Å². The normalized spacial score (nSPS) is 15.7.